The Labute approximate surface area is 205 Å². The molecule has 1 heteroatoms. The lowest BCUT2D eigenvalue weighted by Crippen LogP contribution is -2.30. The third kappa shape index (κ3) is 3.24. The molecule has 0 atom stereocenters. The Bertz CT molecular complexity index is 1750. The second-order valence-corrected chi connectivity index (χ2v) is 9.28. The normalized spacial score (nSPS) is 11.4. The van der Waals surface area contributed by atoms with Crippen molar-refractivity contribution in [3.05, 3.63) is 133 Å². The van der Waals surface area contributed by atoms with E-state index in [1.165, 1.54) is 65.1 Å². The lowest BCUT2D eigenvalue weighted by molar-refractivity contribution is 1.68. The van der Waals surface area contributed by atoms with Crippen molar-refractivity contribution in [2.24, 2.45) is 0 Å². The molecule has 0 spiro atoms. The molecule has 0 aliphatic rings. The van der Waals surface area contributed by atoms with Gasteiger partial charge in [0.2, 0.25) is 0 Å². The number of fused-ring (bicyclic) bond motifs is 4. The van der Waals surface area contributed by atoms with Gasteiger partial charge in [0.25, 0.3) is 0 Å². The molecule has 35 heavy (non-hydrogen) atoms. The van der Waals surface area contributed by atoms with Crippen LogP contribution in [0, 0.1) is 0 Å². The van der Waals surface area contributed by atoms with Gasteiger partial charge in [0.05, 0.1) is 0 Å². The summed E-state index contributed by atoms with van der Waals surface area (Å²) in [6.45, 7) is 0. The molecule has 0 heterocycles. The van der Waals surface area contributed by atoms with Crippen molar-refractivity contribution in [2.45, 2.75) is 0 Å². The number of hydrogen-bond donors (Lipinski definition) is 0. The molecule has 0 aliphatic carbocycles. The van der Waals surface area contributed by atoms with Gasteiger partial charge in [-0.15, -0.1) is 0 Å². The maximum absolute atomic E-state index is 2.32. The predicted octanol–water partition coefficient (Wildman–Crippen LogP) is 7.35. The first-order chi connectivity index (χ1) is 17.4. The Kier molecular flexibility index (Phi) is 4.67. The summed E-state index contributed by atoms with van der Waals surface area (Å²) in [6, 6.07) is 48.6. The van der Waals surface area contributed by atoms with Crippen molar-refractivity contribution in [3.8, 4) is 11.1 Å². The molecule has 0 radical (unpaired) electrons. The fourth-order valence-corrected chi connectivity index (χ4v) is 5.80. The average molecular weight is 442 g/mol. The highest BCUT2D eigenvalue weighted by Gasteiger charge is 2.18. The molecule has 7 aromatic carbocycles. The standard InChI is InChI=1S/C34H23B/c1-2-12-23(13-3-1)32-28-18-8-10-20-30(28)34(31-21-11-9-19-29(31)32)35-33-26-16-6-4-14-24(26)22-25-15-5-7-17-27(25)33/h1-22,35H. The third-order valence-electron chi connectivity index (χ3n) is 7.34. The summed E-state index contributed by atoms with van der Waals surface area (Å²) in [7, 11) is 0.887. The molecule has 0 aromatic heterocycles. The third-order valence-corrected chi connectivity index (χ3v) is 7.34. The van der Waals surface area contributed by atoms with E-state index in [4.69, 9.17) is 0 Å². The SMILES string of the molecule is B(c1c2ccccc2cc2ccccc12)c1c2ccccc2c(-c2ccccc2)c2ccccc12. The Balaban J connectivity index is 1.60. The van der Waals surface area contributed by atoms with Gasteiger partial charge in [0.1, 0.15) is 0 Å². The van der Waals surface area contributed by atoms with E-state index in [2.05, 4.69) is 133 Å². The van der Waals surface area contributed by atoms with Gasteiger partial charge >= 0.3 is 0 Å². The summed E-state index contributed by atoms with van der Waals surface area (Å²) >= 11 is 0. The van der Waals surface area contributed by atoms with Crippen molar-refractivity contribution in [1.82, 2.24) is 0 Å². The first kappa shape index (κ1) is 20.1. The molecule has 162 valence electrons. The van der Waals surface area contributed by atoms with Crippen molar-refractivity contribution >= 4 is 61.3 Å². The van der Waals surface area contributed by atoms with Crippen LogP contribution < -0.4 is 10.9 Å². The molecular formula is C34H23B. The van der Waals surface area contributed by atoms with Gasteiger partial charge in [-0.3, -0.25) is 0 Å². The molecule has 0 amide bonds. The maximum atomic E-state index is 2.32. The van der Waals surface area contributed by atoms with E-state index in [-0.39, 0.29) is 0 Å². The van der Waals surface area contributed by atoms with E-state index in [9.17, 15) is 0 Å². The van der Waals surface area contributed by atoms with Crippen LogP contribution in [0.1, 0.15) is 0 Å². The molecular weight excluding hydrogens is 419 g/mol. The Hall–Kier alpha value is -4.36. The molecule has 0 N–H and O–H groups in total. The van der Waals surface area contributed by atoms with Crippen LogP contribution in [0.25, 0.3) is 54.2 Å². The number of rotatable bonds is 3. The van der Waals surface area contributed by atoms with E-state index in [1.807, 2.05) is 0 Å². The first-order valence-electron chi connectivity index (χ1n) is 12.3. The van der Waals surface area contributed by atoms with Gasteiger partial charge < -0.3 is 0 Å². The minimum atomic E-state index is 0.887. The van der Waals surface area contributed by atoms with Crippen molar-refractivity contribution in [2.75, 3.05) is 0 Å². The van der Waals surface area contributed by atoms with Crippen LogP contribution in [0.15, 0.2) is 133 Å². The lowest BCUT2D eigenvalue weighted by atomic mass is 9.58. The Morgan fingerprint density at radius 2 is 0.743 bits per heavy atom. The molecule has 7 rings (SSSR count). The number of hydrogen-bond acceptors (Lipinski definition) is 0. The van der Waals surface area contributed by atoms with E-state index in [0.29, 0.717) is 0 Å². The summed E-state index contributed by atoms with van der Waals surface area (Å²) in [5.74, 6) is 0. The highest BCUT2D eigenvalue weighted by Crippen LogP contribution is 2.35. The first-order valence-corrected chi connectivity index (χ1v) is 12.3. The summed E-state index contributed by atoms with van der Waals surface area (Å²) < 4.78 is 0. The van der Waals surface area contributed by atoms with E-state index >= 15 is 0 Å². The van der Waals surface area contributed by atoms with Gasteiger partial charge in [-0.05, 0) is 60.3 Å². The minimum absolute atomic E-state index is 0.887. The molecule has 0 aliphatic heterocycles. The smallest absolute Gasteiger partial charge is 0.0631 e. The molecule has 0 bridgehead atoms. The highest BCUT2D eigenvalue weighted by atomic mass is 14.2. The van der Waals surface area contributed by atoms with E-state index in [0.717, 1.165) is 7.28 Å². The molecule has 0 unspecified atom stereocenters. The molecule has 7 aromatic rings. The molecule has 0 fully saturated rings. The highest BCUT2D eigenvalue weighted by molar-refractivity contribution is 6.77. The average Bonchev–Trinajstić information content (AvgIpc) is 2.93. The zero-order valence-electron chi connectivity index (χ0n) is 19.4. The second-order valence-electron chi connectivity index (χ2n) is 9.28. The van der Waals surface area contributed by atoms with Crippen LogP contribution in [-0.4, -0.2) is 7.28 Å². The van der Waals surface area contributed by atoms with Crippen molar-refractivity contribution in [3.63, 3.8) is 0 Å². The maximum Gasteiger partial charge on any atom is 0.195 e. The fraction of sp³-hybridized carbons (Fsp3) is 0. The minimum Gasteiger partial charge on any atom is -0.0631 e. The van der Waals surface area contributed by atoms with Gasteiger partial charge in [0.15, 0.2) is 7.28 Å². The lowest BCUT2D eigenvalue weighted by Gasteiger charge is -2.18. The van der Waals surface area contributed by atoms with E-state index < -0.39 is 0 Å². The van der Waals surface area contributed by atoms with Crippen LogP contribution >= 0.6 is 0 Å². The summed E-state index contributed by atoms with van der Waals surface area (Å²) in [5, 5.41) is 10.6. The number of benzene rings is 7. The summed E-state index contributed by atoms with van der Waals surface area (Å²) in [5.41, 5.74) is 5.39. The van der Waals surface area contributed by atoms with Crippen molar-refractivity contribution < 1.29 is 0 Å². The zero-order chi connectivity index (χ0) is 23.2. The van der Waals surface area contributed by atoms with Crippen LogP contribution in [0.3, 0.4) is 0 Å². The fourth-order valence-electron chi connectivity index (χ4n) is 5.80. The van der Waals surface area contributed by atoms with E-state index in [1.54, 1.807) is 0 Å². The van der Waals surface area contributed by atoms with Crippen molar-refractivity contribution in [1.29, 1.82) is 0 Å². The topological polar surface area (TPSA) is 0 Å². The monoisotopic (exact) mass is 442 g/mol. The zero-order valence-corrected chi connectivity index (χ0v) is 19.4. The van der Waals surface area contributed by atoms with Gasteiger partial charge in [0, 0.05) is 0 Å². The van der Waals surface area contributed by atoms with Crippen LogP contribution in [0.5, 0.6) is 0 Å². The van der Waals surface area contributed by atoms with Crippen LogP contribution in [-0.2, 0) is 0 Å². The Morgan fingerprint density at radius 3 is 1.29 bits per heavy atom. The van der Waals surface area contributed by atoms with Gasteiger partial charge in [-0.2, -0.15) is 0 Å². The Morgan fingerprint density at radius 1 is 0.343 bits per heavy atom. The van der Waals surface area contributed by atoms with Gasteiger partial charge in [-0.1, -0.05) is 138 Å². The van der Waals surface area contributed by atoms with Crippen LogP contribution in [0.2, 0.25) is 0 Å². The molecule has 0 nitrogen and oxygen atoms in total. The predicted molar refractivity (Wildman–Crippen MR) is 155 cm³/mol. The summed E-state index contributed by atoms with van der Waals surface area (Å²) in [4.78, 5) is 0. The van der Waals surface area contributed by atoms with Crippen LogP contribution in [0.4, 0.5) is 0 Å². The van der Waals surface area contributed by atoms with Gasteiger partial charge in [-0.25, -0.2) is 0 Å². The second kappa shape index (κ2) is 8.15. The summed E-state index contributed by atoms with van der Waals surface area (Å²) in [6.07, 6.45) is 0. The quantitative estimate of drug-likeness (QED) is 0.198. The largest absolute Gasteiger partial charge is 0.195 e. The molecule has 0 saturated heterocycles. The molecule has 0 saturated carbocycles.